The molecule has 15 heavy (non-hydrogen) atoms. The molecule has 0 fully saturated rings. The lowest BCUT2D eigenvalue weighted by Crippen LogP contribution is -2.38. The van der Waals surface area contributed by atoms with Crippen molar-refractivity contribution >= 4 is 0 Å². The van der Waals surface area contributed by atoms with Crippen molar-refractivity contribution in [1.82, 2.24) is 0 Å². The number of benzene rings is 1. The SMILES string of the molecule is CCOc1ccc(OCC(C)(C)N)cc1. The van der Waals surface area contributed by atoms with Crippen molar-refractivity contribution in [1.29, 1.82) is 0 Å². The number of hydrogen-bond acceptors (Lipinski definition) is 3. The first-order chi connectivity index (χ1) is 7.01. The zero-order valence-corrected chi connectivity index (χ0v) is 9.62. The first-order valence-corrected chi connectivity index (χ1v) is 5.16. The van der Waals surface area contributed by atoms with Gasteiger partial charge in [-0.25, -0.2) is 0 Å². The number of rotatable bonds is 5. The Labute approximate surface area is 91.2 Å². The number of hydrogen-bond donors (Lipinski definition) is 1. The second-order valence-electron chi connectivity index (χ2n) is 4.18. The maximum Gasteiger partial charge on any atom is 0.119 e. The van der Waals surface area contributed by atoms with Crippen molar-refractivity contribution in [2.75, 3.05) is 13.2 Å². The van der Waals surface area contributed by atoms with Crippen LogP contribution in [0.25, 0.3) is 0 Å². The molecule has 0 saturated carbocycles. The largest absolute Gasteiger partial charge is 0.494 e. The number of ether oxygens (including phenoxy) is 2. The van der Waals surface area contributed by atoms with Crippen molar-refractivity contribution in [3.05, 3.63) is 24.3 Å². The smallest absolute Gasteiger partial charge is 0.119 e. The van der Waals surface area contributed by atoms with Gasteiger partial charge in [-0.1, -0.05) is 0 Å². The van der Waals surface area contributed by atoms with Crippen LogP contribution < -0.4 is 15.2 Å². The predicted octanol–water partition coefficient (Wildman–Crippen LogP) is 2.20. The zero-order valence-electron chi connectivity index (χ0n) is 9.62. The zero-order chi connectivity index (χ0) is 11.3. The van der Waals surface area contributed by atoms with Crippen LogP contribution in [0.5, 0.6) is 11.5 Å². The summed E-state index contributed by atoms with van der Waals surface area (Å²) in [4.78, 5) is 0. The Bertz CT molecular complexity index is 287. The van der Waals surface area contributed by atoms with Gasteiger partial charge in [0, 0.05) is 5.54 Å². The van der Waals surface area contributed by atoms with Crippen LogP contribution in [0.3, 0.4) is 0 Å². The Morgan fingerprint density at radius 3 is 1.93 bits per heavy atom. The van der Waals surface area contributed by atoms with Gasteiger partial charge < -0.3 is 15.2 Å². The Morgan fingerprint density at radius 1 is 1.07 bits per heavy atom. The van der Waals surface area contributed by atoms with Gasteiger partial charge in [0.25, 0.3) is 0 Å². The van der Waals surface area contributed by atoms with Gasteiger partial charge in [0.1, 0.15) is 18.1 Å². The standard InChI is InChI=1S/C12H19NO2/c1-4-14-10-5-7-11(8-6-10)15-9-12(2,3)13/h5-8H,4,9,13H2,1-3H3. The van der Waals surface area contributed by atoms with Gasteiger partial charge in [0.05, 0.1) is 6.61 Å². The molecule has 0 amide bonds. The average Bonchev–Trinajstić information content (AvgIpc) is 2.16. The maximum absolute atomic E-state index is 5.81. The van der Waals surface area contributed by atoms with E-state index in [2.05, 4.69) is 0 Å². The highest BCUT2D eigenvalue weighted by molar-refractivity contribution is 5.31. The summed E-state index contributed by atoms with van der Waals surface area (Å²) in [5, 5.41) is 0. The van der Waals surface area contributed by atoms with Crippen LogP contribution in [0, 0.1) is 0 Å². The van der Waals surface area contributed by atoms with Crippen molar-refractivity contribution in [3.8, 4) is 11.5 Å². The molecule has 1 rings (SSSR count). The van der Waals surface area contributed by atoms with Gasteiger partial charge in [0.2, 0.25) is 0 Å². The second kappa shape index (κ2) is 5.03. The lowest BCUT2D eigenvalue weighted by atomic mass is 10.1. The van der Waals surface area contributed by atoms with E-state index >= 15 is 0 Å². The molecule has 0 bridgehead atoms. The van der Waals surface area contributed by atoms with Crippen molar-refractivity contribution in [2.45, 2.75) is 26.3 Å². The van der Waals surface area contributed by atoms with Gasteiger partial charge in [-0.15, -0.1) is 0 Å². The minimum atomic E-state index is -0.307. The molecular formula is C12H19NO2. The van der Waals surface area contributed by atoms with Crippen LogP contribution in [0.2, 0.25) is 0 Å². The molecule has 0 heterocycles. The minimum absolute atomic E-state index is 0.307. The molecule has 0 aliphatic rings. The molecule has 0 radical (unpaired) electrons. The third kappa shape index (κ3) is 4.70. The summed E-state index contributed by atoms with van der Waals surface area (Å²) in [6.45, 7) is 7.00. The average molecular weight is 209 g/mol. The van der Waals surface area contributed by atoms with E-state index in [1.807, 2.05) is 45.0 Å². The fraction of sp³-hybridized carbons (Fsp3) is 0.500. The van der Waals surface area contributed by atoms with Crippen LogP contribution in [-0.2, 0) is 0 Å². The molecule has 2 N–H and O–H groups in total. The van der Waals surface area contributed by atoms with E-state index in [1.54, 1.807) is 0 Å². The molecule has 0 spiro atoms. The van der Waals surface area contributed by atoms with E-state index in [-0.39, 0.29) is 5.54 Å². The van der Waals surface area contributed by atoms with E-state index in [1.165, 1.54) is 0 Å². The molecule has 3 heteroatoms. The molecule has 0 saturated heterocycles. The molecule has 0 aliphatic heterocycles. The molecular weight excluding hydrogens is 190 g/mol. The summed E-state index contributed by atoms with van der Waals surface area (Å²) in [7, 11) is 0. The molecule has 1 aromatic carbocycles. The van der Waals surface area contributed by atoms with Crippen LogP contribution in [0.1, 0.15) is 20.8 Å². The van der Waals surface area contributed by atoms with E-state index in [0.29, 0.717) is 13.2 Å². The first-order valence-electron chi connectivity index (χ1n) is 5.16. The quantitative estimate of drug-likeness (QED) is 0.808. The monoisotopic (exact) mass is 209 g/mol. The Morgan fingerprint density at radius 2 is 1.53 bits per heavy atom. The molecule has 0 atom stereocenters. The molecule has 3 nitrogen and oxygen atoms in total. The van der Waals surface area contributed by atoms with Gasteiger partial charge in [-0.2, -0.15) is 0 Å². The summed E-state index contributed by atoms with van der Waals surface area (Å²) in [6.07, 6.45) is 0. The highest BCUT2D eigenvalue weighted by Crippen LogP contribution is 2.18. The Kier molecular flexibility index (Phi) is 3.97. The Hall–Kier alpha value is -1.22. The third-order valence-electron chi connectivity index (χ3n) is 1.75. The first kappa shape index (κ1) is 11.9. The second-order valence-corrected chi connectivity index (χ2v) is 4.18. The maximum atomic E-state index is 5.81. The van der Waals surface area contributed by atoms with E-state index in [9.17, 15) is 0 Å². The summed E-state index contributed by atoms with van der Waals surface area (Å²) in [6, 6.07) is 7.55. The molecule has 84 valence electrons. The highest BCUT2D eigenvalue weighted by atomic mass is 16.5. The van der Waals surface area contributed by atoms with Gasteiger partial charge in [-0.05, 0) is 45.0 Å². The van der Waals surface area contributed by atoms with Crippen LogP contribution in [-0.4, -0.2) is 18.8 Å². The van der Waals surface area contributed by atoms with Crippen LogP contribution >= 0.6 is 0 Å². The van der Waals surface area contributed by atoms with Gasteiger partial charge in [0.15, 0.2) is 0 Å². The van der Waals surface area contributed by atoms with Crippen molar-refractivity contribution < 1.29 is 9.47 Å². The third-order valence-corrected chi connectivity index (χ3v) is 1.75. The van der Waals surface area contributed by atoms with E-state index in [4.69, 9.17) is 15.2 Å². The van der Waals surface area contributed by atoms with Gasteiger partial charge >= 0.3 is 0 Å². The van der Waals surface area contributed by atoms with Crippen molar-refractivity contribution in [3.63, 3.8) is 0 Å². The lowest BCUT2D eigenvalue weighted by molar-refractivity contribution is 0.243. The number of nitrogens with two attached hydrogens (primary N) is 1. The molecule has 1 aromatic rings. The minimum Gasteiger partial charge on any atom is -0.494 e. The summed E-state index contributed by atoms with van der Waals surface area (Å²) < 4.78 is 10.8. The van der Waals surface area contributed by atoms with E-state index in [0.717, 1.165) is 11.5 Å². The fourth-order valence-corrected chi connectivity index (χ4v) is 1.07. The fourth-order valence-electron chi connectivity index (χ4n) is 1.07. The van der Waals surface area contributed by atoms with Crippen molar-refractivity contribution in [2.24, 2.45) is 5.73 Å². The summed E-state index contributed by atoms with van der Waals surface area (Å²) in [5.74, 6) is 1.67. The lowest BCUT2D eigenvalue weighted by Gasteiger charge is -2.19. The molecule has 0 aromatic heterocycles. The van der Waals surface area contributed by atoms with E-state index < -0.39 is 0 Å². The van der Waals surface area contributed by atoms with Gasteiger partial charge in [-0.3, -0.25) is 0 Å². The molecule has 0 unspecified atom stereocenters. The summed E-state index contributed by atoms with van der Waals surface area (Å²) in [5.41, 5.74) is 5.50. The van der Waals surface area contributed by atoms with Crippen LogP contribution in [0.4, 0.5) is 0 Å². The normalized spacial score (nSPS) is 11.2. The summed E-state index contributed by atoms with van der Waals surface area (Å²) >= 11 is 0. The van der Waals surface area contributed by atoms with Crippen LogP contribution in [0.15, 0.2) is 24.3 Å². The topological polar surface area (TPSA) is 44.5 Å². The Balaban J connectivity index is 2.50. The molecule has 0 aliphatic carbocycles. The predicted molar refractivity (Wildman–Crippen MR) is 61.4 cm³/mol. The highest BCUT2D eigenvalue weighted by Gasteiger charge is 2.11.